The van der Waals surface area contributed by atoms with Gasteiger partial charge in [0.15, 0.2) is 5.82 Å². The lowest BCUT2D eigenvalue weighted by Gasteiger charge is -2.31. The molecular weight excluding hydrogens is 430 g/mol. The van der Waals surface area contributed by atoms with Gasteiger partial charge in [-0.3, -0.25) is 4.98 Å². The molecule has 1 aliphatic rings. The van der Waals surface area contributed by atoms with E-state index >= 15 is 0 Å². The van der Waals surface area contributed by atoms with Crippen molar-refractivity contribution in [3.63, 3.8) is 0 Å². The number of aryl methyl sites for hydroxylation is 2. The van der Waals surface area contributed by atoms with Gasteiger partial charge in [-0.05, 0) is 51.3 Å². The maximum Gasteiger partial charge on any atom is 0.410 e. The highest BCUT2D eigenvalue weighted by Crippen LogP contribution is 2.34. The van der Waals surface area contributed by atoms with E-state index < -0.39 is 0 Å². The van der Waals surface area contributed by atoms with Crippen LogP contribution in [-0.4, -0.2) is 68.4 Å². The zero-order valence-electron chi connectivity index (χ0n) is 19.0. The zero-order chi connectivity index (χ0) is 23.1. The Kier molecular flexibility index (Phi) is 8.38. The maximum atomic E-state index is 12.0. The Labute approximate surface area is 193 Å². The van der Waals surface area contributed by atoms with Crippen LogP contribution in [0.2, 0.25) is 0 Å². The second kappa shape index (κ2) is 11.2. The lowest BCUT2D eigenvalue weighted by Crippen LogP contribution is -2.42. The largest absolute Gasteiger partial charge is 0.501 e. The summed E-state index contributed by atoms with van der Waals surface area (Å²) < 4.78 is 11.2. The predicted molar refractivity (Wildman–Crippen MR) is 125 cm³/mol. The molecule has 0 unspecified atom stereocenters. The van der Waals surface area contributed by atoms with Crippen LogP contribution in [0.3, 0.4) is 0 Å². The smallest absolute Gasteiger partial charge is 0.410 e. The number of thioether (sulfide) groups is 1. The van der Waals surface area contributed by atoms with Crippen molar-refractivity contribution >= 4 is 29.4 Å². The lowest BCUT2D eigenvalue weighted by molar-refractivity contribution is 0.0500. The minimum Gasteiger partial charge on any atom is -0.501 e. The predicted octanol–water partition coefficient (Wildman–Crippen LogP) is 3.92. The number of nitrogens with zero attached hydrogens (tertiary/aromatic N) is 4. The van der Waals surface area contributed by atoms with Gasteiger partial charge in [0.2, 0.25) is 5.75 Å². The summed E-state index contributed by atoms with van der Waals surface area (Å²) in [5.41, 5.74) is 2.61. The Morgan fingerprint density at radius 3 is 2.72 bits per heavy atom. The zero-order valence-corrected chi connectivity index (χ0v) is 19.8. The Hall–Kier alpha value is -2.75. The number of pyridine rings is 1. The Balaban J connectivity index is 1.61. The van der Waals surface area contributed by atoms with E-state index in [9.17, 15) is 9.90 Å². The van der Waals surface area contributed by atoms with Crippen LogP contribution in [0.15, 0.2) is 18.5 Å². The summed E-state index contributed by atoms with van der Waals surface area (Å²) in [5.74, 6) is 1.24. The standard InChI is InChI=1S/C22H31N5O4S/c1-14(2)30-22(29)27-10-7-17(8-11-27)31-21-19(28)20(23-13-24-21)26-18-6-5-16(9-12-32-4)25-15(18)3/h5-6,13-14,17,28H,7-12H2,1-4H3,(H,23,24,26). The molecule has 0 atom stereocenters. The number of anilines is 2. The van der Waals surface area contributed by atoms with Gasteiger partial charge in [0.1, 0.15) is 12.4 Å². The Morgan fingerprint density at radius 2 is 2.06 bits per heavy atom. The second-order valence-electron chi connectivity index (χ2n) is 7.92. The topological polar surface area (TPSA) is 110 Å². The van der Waals surface area contributed by atoms with Crippen LogP contribution in [0.1, 0.15) is 38.1 Å². The molecule has 3 rings (SSSR count). The van der Waals surface area contributed by atoms with E-state index in [-0.39, 0.29) is 35.7 Å². The van der Waals surface area contributed by atoms with Crippen LogP contribution in [0.5, 0.6) is 11.6 Å². The normalized spacial score (nSPS) is 14.5. The third kappa shape index (κ3) is 6.38. The summed E-state index contributed by atoms with van der Waals surface area (Å²) in [4.78, 5) is 26.6. The van der Waals surface area contributed by atoms with Crippen LogP contribution in [0.4, 0.5) is 16.3 Å². The molecule has 10 heteroatoms. The van der Waals surface area contributed by atoms with Gasteiger partial charge >= 0.3 is 6.09 Å². The first-order valence-corrected chi connectivity index (χ1v) is 12.2. The second-order valence-corrected chi connectivity index (χ2v) is 8.90. The highest BCUT2D eigenvalue weighted by atomic mass is 32.2. The van der Waals surface area contributed by atoms with Gasteiger partial charge in [-0.2, -0.15) is 16.7 Å². The molecule has 0 aromatic carbocycles. The van der Waals surface area contributed by atoms with E-state index in [4.69, 9.17) is 9.47 Å². The lowest BCUT2D eigenvalue weighted by atomic mass is 10.1. The van der Waals surface area contributed by atoms with Crippen molar-refractivity contribution in [3.8, 4) is 11.6 Å². The Morgan fingerprint density at radius 1 is 1.31 bits per heavy atom. The van der Waals surface area contributed by atoms with E-state index in [1.807, 2.05) is 32.9 Å². The fourth-order valence-corrected chi connectivity index (χ4v) is 3.76. The molecule has 1 aliphatic heterocycles. The SMILES string of the molecule is CSCCc1ccc(Nc2ncnc(OC3CCN(C(=O)OC(C)C)CC3)c2O)c(C)n1. The number of amides is 1. The third-order valence-electron chi connectivity index (χ3n) is 5.06. The number of hydrogen-bond acceptors (Lipinski definition) is 9. The van der Waals surface area contributed by atoms with Crippen molar-refractivity contribution in [2.45, 2.75) is 52.2 Å². The molecule has 2 N–H and O–H groups in total. The van der Waals surface area contributed by atoms with Crippen LogP contribution in [0.25, 0.3) is 0 Å². The van der Waals surface area contributed by atoms with E-state index in [0.717, 1.165) is 29.2 Å². The minimum absolute atomic E-state index is 0.118. The van der Waals surface area contributed by atoms with E-state index in [1.165, 1.54) is 6.33 Å². The highest BCUT2D eigenvalue weighted by molar-refractivity contribution is 7.98. The molecule has 0 bridgehead atoms. The fraction of sp³-hybridized carbons (Fsp3) is 0.545. The molecule has 0 radical (unpaired) electrons. The van der Waals surface area contributed by atoms with E-state index in [0.29, 0.717) is 25.9 Å². The first-order chi connectivity index (χ1) is 15.4. The van der Waals surface area contributed by atoms with Crippen LogP contribution in [0, 0.1) is 6.92 Å². The molecule has 1 amide bonds. The molecule has 9 nitrogen and oxygen atoms in total. The van der Waals surface area contributed by atoms with Crippen molar-refractivity contribution in [2.24, 2.45) is 0 Å². The number of carbonyl (C=O) groups is 1. The molecule has 174 valence electrons. The molecule has 0 spiro atoms. The van der Waals surface area contributed by atoms with Crippen molar-refractivity contribution in [1.82, 2.24) is 19.9 Å². The quantitative estimate of drug-likeness (QED) is 0.604. The number of rotatable bonds is 8. The first-order valence-electron chi connectivity index (χ1n) is 10.8. The van der Waals surface area contributed by atoms with Gasteiger partial charge in [-0.15, -0.1) is 0 Å². The third-order valence-corrected chi connectivity index (χ3v) is 5.67. The van der Waals surface area contributed by atoms with Gasteiger partial charge in [0.05, 0.1) is 17.5 Å². The van der Waals surface area contributed by atoms with Crippen molar-refractivity contribution in [3.05, 3.63) is 29.8 Å². The number of piperidine rings is 1. The van der Waals surface area contributed by atoms with Gasteiger partial charge in [0.25, 0.3) is 5.88 Å². The van der Waals surface area contributed by atoms with E-state index in [1.54, 1.807) is 16.7 Å². The highest BCUT2D eigenvalue weighted by Gasteiger charge is 2.27. The molecule has 2 aromatic heterocycles. The summed E-state index contributed by atoms with van der Waals surface area (Å²) >= 11 is 1.79. The average Bonchev–Trinajstić information content (AvgIpc) is 2.76. The van der Waals surface area contributed by atoms with Gasteiger partial charge in [-0.25, -0.2) is 9.78 Å². The van der Waals surface area contributed by atoms with Crippen LogP contribution >= 0.6 is 11.8 Å². The average molecular weight is 462 g/mol. The maximum absolute atomic E-state index is 12.0. The van der Waals surface area contributed by atoms with Crippen LogP contribution < -0.4 is 10.1 Å². The number of hydrogen-bond donors (Lipinski definition) is 2. The Bertz CT molecular complexity index is 919. The number of carbonyl (C=O) groups excluding carboxylic acids is 1. The molecule has 1 fully saturated rings. The molecule has 32 heavy (non-hydrogen) atoms. The summed E-state index contributed by atoms with van der Waals surface area (Å²) in [6, 6.07) is 3.91. The van der Waals surface area contributed by atoms with Crippen molar-refractivity contribution in [1.29, 1.82) is 0 Å². The minimum atomic E-state index is -0.307. The molecule has 2 aromatic rings. The molecule has 3 heterocycles. The number of ether oxygens (including phenoxy) is 2. The number of likely N-dealkylation sites (tertiary alicyclic amines) is 1. The molecule has 0 aliphatic carbocycles. The number of aromatic nitrogens is 3. The van der Waals surface area contributed by atoms with Crippen LogP contribution in [-0.2, 0) is 11.2 Å². The number of nitrogens with one attached hydrogen (secondary N) is 1. The first kappa shape index (κ1) is 23.9. The summed E-state index contributed by atoms with van der Waals surface area (Å²) in [5, 5.41) is 13.8. The van der Waals surface area contributed by atoms with Gasteiger partial charge in [-0.1, -0.05) is 0 Å². The van der Waals surface area contributed by atoms with Gasteiger partial charge < -0.3 is 24.8 Å². The molecule has 1 saturated heterocycles. The van der Waals surface area contributed by atoms with Gasteiger partial charge in [0, 0.05) is 31.6 Å². The summed E-state index contributed by atoms with van der Waals surface area (Å²) in [6.07, 6.45) is 4.97. The molecule has 0 saturated carbocycles. The van der Waals surface area contributed by atoms with Crippen molar-refractivity contribution in [2.75, 3.05) is 30.4 Å². The fourth-order valence-electron chi connectivity index (χ4n) is 3.35. The van der Waals surface area contributed by atoms with Crippen molar-refractivity contribution < 1.29 is 19.4 Å². The summed E-state index contributed by atoms with van der Waals surface area (Å²) in [6.45, 7) is 6.63. The monoisotopic (exact) mass is 461 g/mol. The molecular formula is C22H31N5O4S. The van der Waals surface area contributed by atoms with E-state index in [2.05, 4.69) is 26.5 Å². The number of aromatic hydroxyl groups is 1. The summed E-state index contributed by atoms with van der Waals surface area (Å²) in [7, 11) is 0.